The van der Waals surface area contributed by atoms with Crippen molar-refractivity contribution in [1.82, 2.24) is 0 Å². The van der Waals surface area contributed by atoms with E-state index in [1.807, 2.05) is 0 Å². The Hall–Kier alpha value is -0.830. The summed E-state index contributed by atoms with van der Waals surface area (Å²) < 4.78 is 0. The maximum atomic E-state index is 11.6. The van der Waals surface area contributed by atoms with Gasteiger partial charge in [0.15, 0.2) is 0 Å². The topological polar surface area (TPSA) is 35.5 Å². The highest BCUT2D eigenvalue weighted by Crippen LogP contribution is 2.28. The van der Waals surface area contributed by atoms with E-state index in [2.05, 4.69) is 4.89 Å². The molecule has 0 unspecified atom stereocenters. The third-order valence-electron chi connectivity index (χ3n) is 2.45. The van der Waals surface area contributed by atoms with Gasteiger partial charge in [0.05, 0.1) is 0 Å². The number of carbonyl (C=O) groups excluding carboxylic acids is 1. The van der Waals surface area contributed by atoms with E-state index in [4.69, 9.17) is 4.89 Å². The molecule has 0 bridgehead atoms. The third-order valence-corrected chi connectivity index (χ3v) is 2.45. The standard InChI is InChI=1S/C9H12O3/c10-9(7-3-1-2-4-7)8-5-6-11-12-8/h5,7H,1-4,6H2. The van der Waals surface area contributed by atoms with Gasteiger partial charge in [-0.1, -0.05) is 12.8 Å². The predicted molar refractivity (Wildman–Crippen MR) is 42.1 cm³/mol. The van der Waals surface area contributed by atoms with Gasteiger partial charge in [-0.25, -0.2) is 0 Å². The van der Waals surface area contributed by atoms with E-state index in [1.54, 1.807) is 6.08 Å². The van der Waals surface area contributed by atoms with Crippen LogP contribution >= 0.6 is 0 Å². The maximum absolute atomic E-state index is 11.6. The van der Waals surface area contributed by atoms with Crippen molar-refractivity contribution in [2.24, 2.45) is 5.92 Å². The summed E-state index contributed by atoms with van der Waals surface area (Å²) in [6, 6.07) is 0. The van der Waals surface area contributed by atoms with E-state index < -0.39 is 0 Å². The molecule has 0 N–H and O–H groups in total. The van der Waals surface area contributed by atoms with Crippen LogP contribution in [0.25, 0.3) is 0 Å². The van der Waals surface area contributed by atoms with E-state index in [1.165, 1.54) is 12.8 Å². The van der Waals surface area contributed by atoms with Crippen molar-refractivity contribution in [3.8, 4) is 0 Å². The second kappa shape index (κ2) is 3.27. The fraction of sp³-hybridized carbons (Fsp3) is 0.667. The molecule has 1 aliphatic carbocycles. The normalized spacial score (nSPS) is 23.8. The van der Waals surface area contributed by atoms with E-state index in [9.17, 15) is 4.79 Å². The molecule has 1 saturated carbocycles. The molecule has 1 aliphatic heterocycles. The van der Waals surface area contributed by atoms with Crippen molar-refractivity contribution in [3.05, 3.63) is 11.8 Å². The first-order valence-corrected chi connectivity index (χ1v) is 4.42. The zero-order valence-corrected chi connectivity index (χ0v) is 6.91. The van der Waals surface area contributed by atoms with Gasteiger partial charge in [-0.05, 0) is 18.9 Å². The summed E-state index contributed by atoms with van der Waals surface area (Å²) >= 11 is 0. The fourth-order valence-corrected chi connectivity index (χ4v) is 1.77. The molecule has 0 aromatic heterocycles. The number of Topliss-reactive ketones (excluding diaryl/α,β-unsaturated/α-hetero) is 1. The zero-order chi connectivity index (χ0) is 8.39. The summed E-state index contributed by atoms with van der Waals surface area (Å²) in [5.74, 6) is 0.741. The Morgan fingerprint density at radius 2 is 2.17 bits per heavy atom. The van der Waals surface area contributed by atoms with Crippen molar-refractivity contribution in [1.29, 1.82) is 0 Å². The summed E-state index contributed by atoms with van der Waals surface area (Å²) in [7, 11) is 0. The molecule has 0 radical (unpaired) electrons. The number of allylic oxidation sites excluding steroid dienone is 1. The summed E-state index contributed by atoms with van der Waals surface area (Å²) in [4.78, 5) is 20.9. The van der Waals surface area contributed by atoms with E-state index >= 15 is 0 Å². The lowest BCUT2D eigenvalue weighted by atomic mass is 10.0. The van der Waals surface area contributed by atoms with Gasteiger partial charge in [0.25, 0.3) is 0 Å². The van der Waals surface area contributed by atoms with Gasteiger partial charge in [0.1, 0.15) is 6.61 Å². The molecule has 0 atom stereocenters. The Bertz CT molecular complexity index is 214. The molecule has 0 aromatic rings. The highest BCUT2D eigenvalue weighted by molar-refractivity contribution is 5.95. The molecule has 0 spiro atoms. The molecule has 1 heterocycles. The van der Waals surface area contributed by atoms with E-state index in [0.29, 0.717) is 12.4 Å². The van der Waals surface area contributed by atoms with E-state index in [-0.39, 0.29) is 11.7 Å². The number of carbonyl (C=O) groups is 1. The predicted octanol–water partition coefficient (Wildman–Crippen LogP) is 1.59. The maximum Gasteiger partial charge on any atom is 0.206 e. The molecule has 12 heavy (non-hydrogen) atoms. The minimum atomic E-state index is 0.130. The van der Waals surface area contributed by atoms with Gasteiger partial charge >= 0.3 is 0 Å². The van der Waals surface area contributed by atoms with Crippen LogP contribution in [0.4, 0.5) is 0 Å². The average Bonchev–Trinajstić information content (AvgIpc) is 2.77. The lowest BCUT2D eigenvalue weighted by Crippen LogP contribution is -2.13. The van der Waals surface area contributed by atoms with Crippen molar-refractivity contribution in [2.75, 3.05) is 6.61 Å². The molecule has 0 saturated heterocycles. The number of hydrogen-bond acceptors (Lipinski definition) is 3. The minimum Gasteiger partial charge on any atom is -0.334 e. The Balaban J connectivity index is 1.98. The monoisotopic (exact) mass is 168 g/mol. The molecule has 0 amide bonds. The molecular formula is C9H12O3. The lowest BCUT2D eigenvalue weighted by Gasteiger charge is -2.06. The van der Waals surface area contributed by atoms with Crippen molar-refractivity contribution < 1.29 is 14.6 Å². The van der Waals surface area contributed by atoms with E-state index in [0.717, 1.165) is 12.8 Å². The van der Waals surface area contributed by atoms with Gasteiger partial charge < -0.3 is 4.89 Å². The molecule has 0 aromatic carbocycles. The van der Waals surface area contributed by atoms with Crippen LogP contribution in [-0.4, -0.2) is 12.4 Å². The van der Waals surface area contributed by atoms with Crippen LogP contribution < -0.4 is 0 Å². The first-order chi connectivity index (χ1) is 5.88. The second-order valence-corrected chi connectivity index (χ2v) is 3.28. The van der Waals surface area contributed by atoms with Gasteiger partial charge in [0.2, 0.25) is 11.5 Å². The summed E-state index contributed by atoms with van der Waals surface area (Å²) in [6.07, 6.45) is 6.08. The number of rotatable bonds is 2. The Morgan fingerprint density at radius 3 is 2.75 bits per heavy atom. The molecule has 3 nitrogen and oxygen atoms in total. The van der Waals surface area contributed by atoms with Crippen LogP contribution in [-0.2, 0) is 14.6 Å². The Labute approximate surface area is 71.3 Å². The number of ketones is 1. The highest BCUT2D eigenvalue weighted by Gasteiger charge is 2.28. The third kappa shape index (κ3) is 1.37. The van der Waals surface area contributed by atoms with Crippen molar-refractivity contribution in [2.45, 2.75) is 25.7 Å². The van der Waals surface area contributed by atoms with Crippen LogP contribution in [0.3, 0.4) is 0 Å². The molecule has 1 fully saturated rings. The van der Waals surface area contributed by atoms with Crippen LogP contribution in [0.1, 0.15) is 25.7 Å². The smallest absolute Gasteiger partial charge is 0.206 e. The van der Waals surface area contributed by atoms with Crippen LogP contribution in [0.15, 0.2) is 11.8 Å². The SMILES string of the molecule is O=C(C1=CCOO1)C1CCCC1. The number of hydrogen-bond donors (Lipinski definition) is 0. The highest BCUT2D eigenvalue weighted by atomic mass is 17.2. The molecule has 3 heteroatoms. The minimum absolute atomic E-state index is 0.130. The molecule has 2 rings (SSSR count). The van der Waals surface area contributed by atoms with Gasteiger partial charge in [0, 0.05) is 5.92 Å². The zero-order valence-electron chi connectivity index (χ0n) is 6.91. The lowest BCUT2D eigenvalue weighted by molar-refractivity contribution is -0.234. The Morgan fingerprint density at radius 1 is 1.42 bits per heavy atom. The summed E-state index contributed by atoms with van der Waals surface area (Å²) in [5, 5.41) is 0. The van der Waals surface area contributed by atoms with Crippen molar-refractivity contribution >= 4 is 5.78 Å². The Kier molecular flexibility index (Phi) is 2.13. The fourth-order valence-electron chi connectivity index (χ4n) is 1.77. The van der Waals surface area contributed by atoms with Crippen molar-refractivity contribution in [3.63, 3.8) is 0 Å². The summed E-state index contributed by atoms with van der Waals surface area (Å²) in [5.41, 5.74) is 0. The average molecular weight is 168 g/mol. The molecular weight excluding hydrogens is 156 g/mol. The van der Waals surface area contributed by atoms with Crippen LogP contribution in [0, 0.1) is 5.92 Å². The first kappa shape index (κ1) is 7.80. The van der Waals surface area contributed by atoms with Gasteiger partial charge in [-0.2, -0.15) is 4.89 Å². The largest absolute Gasteiger partial charge is 0.334 e. The summed E-state index contributed by atoms with van der Waals surface area (Å²) in [6.45, 7) is 0.411. The van der Waals surface area contributed by atoms with Crippen LogP contribution in [0.2, 0.25) is 0 Å². The quantitative estimate of drug-likeness (QED) is 0.587. The molecule has 2 aliphatic rings. The first-order valence-electron chi connectivity index (χ1n) is 4.42. The van der Waals surface area contributed by atoms with Crippen LogP contribution in [0.5, 0.6) is 0 Å². The molecule has 66 valence electrons. The van der Waals surface area contributed by atoms with Gasteiger partial charge in [-0.15, -0.1) is 0 Å². The second-order valence-electron chi connectivity index (χ2n) is 3.28. The van der Waals surface area contributed by atoms with Gasteiger partial charge in [-0.3, -0.25) is 4.79 Å².